The van der Waals surface area contributed by atoms with E-state index < -0.39 is 0 Å². The van der Waals surface area contributed by atoms with Crippen molar-refractivity contribution >= 4 is 6.01 Å². The number of nitrogens with zero attached hydrogens (tertiary/aromatic N) is 1. The number of anilines is 1. The topological polar surface area (TPSA) is 47.3 Å². The lowest BCUT2D eigenvalue weighted by Gasteiger charge is -2.05. The normalized spacial score (nSPS) is 10.5. The zero-order valence-corrected chi connectivity index (χ0v) is 11.7. The molecule has 0 bridgehead atoms. The van der Waals surface area contributed by atoms with E-state index in [-0.39, 0.29) is 0 Å². The lowest BCUT2D eigenvalue weighted by molar-refractivity contribution is 0.340. The molecule has 1 heterocycles. The molecule has 0 aliphatic rings. The average molecular weight is 260 g/mol. The van der Waals surface area contributed by atoms with Crippen molar-refractivity contribution in [1.29, 1.82) is 0 Å². The average Bonchev–Trinajstić information content (AvgIpc) is 2.78. The van der Waals surface area contributed by atoms with E-state index in [1.54, 1.807) is 7.05 Å². The number of aromatic nitrogens is 1. The van der Waals surface area contributed by atoms with Gasteiger partial charge in [0, 0.05) is 13.5 Å². The van der Waals surface area contributed by atoms with Crippen LogP contribution in [0.25, 0.3) is 0 Å². The number of nitrogens with one attached hydrogen (secondary N) is 1. The van der Waals surface area contributed by atoms with Crippen LogP contribution in [0, 0.1) is 6.92 Å². The van der Waals surface area contributed by atoms with E-state index in [0.717, 1.165) is 30.0 Å². The summed E-state index contributed by atoms with van der Waals surface area (Å²) in [7, 11) is 1.81. The van der Waals surface area contributed by atoms with Crippen LogP contribution >= 0.6 is 0 Å². The predicted molar refractivity (Wildman–Crippen MR) is 75.8 cm³/mol. The van der Waals surface area contributed by atoms with Crippen molar-refractivity contribution < 1.29 is 9.15 Å². The van der Waals surface area contributed by atoms with Crippen LogP contribution in [-0.4, -0.2) is 18.6 Å². The fourth-order valence-corrected chi connectivity index (χ4v) is 1.98. The minimum Gasteiger partial charge on any atom is -0.494 e. The molecule has 0 radical (unpaired) electrons. The molecule has 0 unspecified atom stereocenters. The molecule has 4 nitrogen and oxygen atoms in total. The Hall–Kier alpha value is -1.97. The lowest BCUT2D eigenvalue weighted by Crippen LogP contribution is -1.95. The Kier molecular flexibility index (Phi) is 4.44. The summed E-state index contributed by atoms with van der Waals surface area (Å²) in [6.07, 6.45) is 1.76. The van der Waals surface area contributed by atoms with Crippen molar-refractivity contribution in [2.24, 2.45) is 0 Å². The maximum absolute atomic E-state index is 5.61. The first-order valence-electron chi connectivity index (χ1n) is 6.58. The van der Waals surface area contributed by atoms with Gasteiger partial charge in [0.1, 0.15) is 11.5 Å². The van der Waals surface area contributed by atoms with Crippen molar-refractivity contribution in [3.8, 4) is 5.75 Å². The van der Waals surface area contributed by atoms with Crippen LogP contribution < -0.4 is 10.1 Å². The molecule has 4 heteroatoms. The van der Waals surface area contributed by atoms with E-state index in [1.165, 1.54) is 5.56 Å². The van der Waals surface area contributed by atoms with E-state index in [1.807, 2.05) is 26.0 Å². The Morgan fingerprint density at radius 3 is 2.84 bits per heavy atom. The van der Waals surface area contributed by atoms with Gasteiger partial charge in [-0.15, -0.1) is 0 Å². The van der Waals surface area contributed by atoms with Crippen molar-refractivity contribution in [3.05, 3.63) is 41.3 Å². The van der Waals surface area contributed by atoms with Crippen molar-refractivity contribution in [1.82, 2.24) is 4.98 Å². The van der Waals surface area contributed by atoms with Gasteiger partial charge in [0.2, 0.25) is 0 Å². The first-order valence-corrected chi connectivity index (χ1v) is 6.58. The molecule has 0 amide bonds. The number of hydrogen-bond acceptors (Lipinski definition) is 4. The van der Waals surface area contributed by atoms with Gasteiger partial charge in [-0.2, -0.15) is 4.98 Å². The van der Waals surface area contributed by atoms with Gasteiger partial charge in [0.05, 0.1) is 12.3 Å². The molecular formula is C15H20N2O2. The molecule has 0 fully saturated rings. The number of benzene rings is 1. The second-order valence-corrected chi connectivity index (χ2v) is 4.36. The third-order valence-electron chi connectivity index (χ3n) is 2.96. The zero-order valence-electron chi connectivity index (χ0n) is 11.7. The Morgan fingerprint density at radius 2 is 2.16 bits per heavy atom. The summed E-state index contributed by atoms with van der Waals surface area (Å²) in [4.78, 5) is 4.29. The Bertz CT molecular complexity index is 535. The molecule has 0 aliphatic carbocycles. The number of hydrogen-bond donors (Lipinski definition) is 1. The molecule has 0 saturated heterocycles. The van der Waals surface area contributed by atoms with Crippen LogP contribution in [0.1, 0.15) is 23.9 Å². The summed E-state index contributed by atoms with van der Waals surface area (Å²) >= 11 is 0. The molecule has 102 valence electrons. The van der Waals surface area contributed by atoms with E-state index in [4.69, 9.17) is 9.15 Å². The van der Waals surface area contributed by atoms with Gasteiger partial charge in [-0.1, -0.05) is 12.1 Å². The summed E-state index contributed by atoms with van der Waals surface area (Å²) in [5.41, 5.74) is 2.19. The summed E-state index contributed by atoms with van der Waals surface area (Å²) in [6.45, 7) is 4.65. The fraction of sp³-hybridized carbons (Fsp3) is 0.400. The van der Waals surface area contributed by atoms with Crippen molar-refractivity contribution in [2.75, 3.05) is 19.0 Å². The van der Waals surface area contributed by atoms with Crippen LogP contribution in [0.5, 0.6) is 5.75 Å². The van der Waals surface area contributed by atoms with E-state index in [9.17, 15) is 0 Å². The number of aryl methyl sites for hydroxylation is 3. The predicted octanol–water partition coefficient (Wildman–Crippen LogP) is 3.21. The fourth-order valence-electron chi connectivity index (χ4n) is 1.98. The van der Waals surface area contributed by atoms with Gasteiger partial charge in [0.25, 0.3) is 6.01 Å². The van der Waals surface area contributed by atoms with Gasteiger partial charge in [-0.3, -0.25) is 0 Å². The molecule has 2 aromatic rings. The highest BCUT2D eigenvalue weighted by molar-refractivity contribution is 5.30. The SMILES string of the molecule is CCOc1cccc(CCc2oc(NC)nc2C)c1. The minimum atomic E-state index is 0.579. The molecule has 19 heavy (non-hydrogen) atoms. The van der Waals surface area contributed by atoms with Crippen molar-refractivity contribution in [3.63, 3.8) is 0 Å². The Labute approximate surface area is 113 Å². The Morgan fingerprint density at radius 1 is 1.32 bits per heavy atom. The van der Waals surface area contributed by atoms with Gasteiger partial charge in [-0.25, -0.2) is 0 Å². The number of ether oxygens (including phenoxy) is 1. The van der Waals surface area contributed by atoms with Gasteiger partial charge < -0.3 is 14.5 Å². The van der Waals surface area contributed by atoms with E-state index in [2.05, 4.69) is 22.4 Å². The first-order chi connectivity index (χ1) is 9.22. The minimum absolute atomic E-state index is 0.579. The van der Waals surface area contributed by atoms with Gasteiger partial charge >= 0.3 is 0 Å². The van der Waals surface area contributed by atoms with E-state index >= 15 is 0 Å². The second kappa shape index (κ2) is 6.27. The van der Waals surface area contributed by atoms with Crippen molar-refractivity contribution in [2.45, 2.75) is 26.7 Å². The smallest absolute Gasteiger partial charge is 0.294 e. The molecule has 2 rings (SSSR count). The van der Waals surface area contributed by atoms with Crippen LogP contribution in [0.3, 0.4) is 0 Å². The first kappa shape index (κ1) is 13.5. The molecule has 1 aromatic heterocycles. The third-order valence-corrected chi connectivity index (χ3v) is 2.96. The monoisotopic (exact) mass is 260 g/mol. The number of oxazole rings is 1. The molecule has 1 N–H and O–H groups in total. The summed E-state index contributed by atoms with van der Waals surface area (Å²) in [5.74, 6) is 1.86. The third kappa shape index (κ3) is 3.50. The standard InChI is InChI=1S/C15H20N2O2/c1-4-18-13-7-5-6-12(10-13)8-9-14-11(2)17-15(16-3)19-14/h5-7,10H,4,8-9H2,1-3H3,(H,16,17). The maximum atomic E-state index is 5.61. The largest absolute Gasteiger partial charge is 0.494 e. The highest BCUT2D eigenvalue weighted by Gasteiger charge is 2.08. The summed E-state index contributed by atoms with van der Waals surface area (Å²) in [5, 5.41) is 2.91. The van der Waals surface area contributed by atoms with Gasteiger partial charge in [-0.05, 0) is 38.0 Å². The van der Waals surface area contributed by atoms with Crippen LogP contribution in [0.15, 0.2) is 28.7 Å². The molecule has 0 spiro atoms. The maximum Gasteiger partial charge on any atom is 0.294 e. The molecular weight excluding hydrogens is 240 g/mol. The highest BCUT2D eigenvalue weighted by Crippen LogP contribution is 2.18. The molecule has 1 aromatic carbocycles. The Balaban J connectivity index is 2.01. The highest BCUT2D eigenvalue weighted by atomic mass is 16.5. The molecule has 0 aliphatic heterocycles. The number of rotatable bonds is 6. The molecule has 0 saturated carbocycles. The zero-order chi connectivity index (χ0) is 13.7. The van der Waals surface area contributed by atoms with Crippen LogP contribution in [0.4, 0.5) is 6.01 Å². The quantitative estimate of drug-likeness (QED) is 0.866. The van der Waals surface area contributed by atoms with Gasteiger partial charge in [0.15, 0.2) is 0 Å². The van der Waals surface area contributed by atoms with Crippen LogP contribution in [0.2, 0.25) is 0 Å². The second-order valence-electron chi connectivity index (χ2n) is 4.36. The van der Waals surface area contributed by atoms with Crippen LogP contribution in [-0.2, 0) is 12.8 Å². The van der Waals surface area contributed by atoms with E-state index in [0.29, 0.717) is 12.6 Å². The molecule has 0 atom stereocenters. The lowest BCUT2D eigenvalue weighted by atomic mass is 10.1. The summed E-state index contributed by atoms with van der Waals surface area (Å²) < 4.78 is 11.1. The summed E-state index contributed by atoms with van der Waals surface area (Å²) in [6, 6.07) is 8.76.